The van der Waals surface area contributed by atoms with E-state index in [0.29, 0.717) is 25.0 Å². The van der Waals surface area contributed by atoms with Crippen LogP contribution >= 0.6 is 0 Å². The Labute approximate surface area is 80.4 Å². The van der Waals surface area contributed by atoms with Crippen LogP contribution in [0.5, 0.6) is 0 Å². The van der Waals surface area contributed by atoms with Crippen LogP contribution in [0.15, 0.2) is 0 Å². The summed E-state index contributed by atoms with van der Waals surface area (Å²) in [4.78, 5) is 2.31. The van der Waals surface area contributed by atoms with Gasteiger partial charge in [0.2, 0.25) is 0 Å². The van der Waals surface area contributed by atoms with Crippen LogP contribution in [-0.4, -0.2) is 48.5 Å². The second-order valence-electron chi connectivity index (χ2n) is 4.21. The summed E-state index contributed by atoms with van der Waals surface area (Å²) in [6.45, 7) is 2.79. The fourth-order valence-electron chi connectivity index (χ4n) is 2.36. The molecule has 0 aromatic heterocycles. The van der Waals surface area contributed by atoms with E-state index in [1.807, 2.05) is 0 Å². The number of aliphatic hydroxyl groups excluding tert-OH is 2. The molecule has 1 rings (SSSR count). The third-order valence-corrected chi connectivity index (χ3v) is 2.88. The number of likely N-dealkylation sites (tertiary alicyclic amines) is 1. The Morgan fingerprint density at radius 1 is 1.08 bits per heavy atom. The van der Waals surface area contributed by atoms with E-state index in [-0.39, 0.29) is 0 Å². The maximum absolute atomic E-state index is 8.85. The van der Waals surface area contributed by atoms with Crippen LogP contribution in [0.4, 0.5) is 0 Å². The van der Waals surface area contributed by atoms with Crippen molar-refractivity contribution in [3.63, 3.8) is 0 Å². The first-order valence-corrected chi connectivity index (χ1v) is 5.16. The Morgan fingerprint density at radius 2 is 1.54 bits per heavy atom. The number of nitrogens with zero attached hydrogens (tertiary/aromatic N) is 1. The zero-order valence-corrected chi connectivity index (χ0v) is 8.45. The molecule has 2 N–H and O–H groups in total. The predicted molar refractivity (Wildman–Crippen MR) is 52.5 cm³/mol. The molecule has 1 aliphatic rings. The fraction of sp³-hybridized carbons (Fsp3) is 1.00. The van der Waals surface area contributed by atoms with Gasteiger partial charge in [-0.25, -0.2) is 0 Å². The Kier molecular flexibility index (Phi) is 4.70. The van der Waals surface area contributed by atoms with E-state index in [4.69, 9.17) is 10.2 Å². The summed E-state index contributed by atoms with van der Waals surface area (Å²) >= 11 is 0. The molecule has 1 fully saturated rings. The molecule has 78 valence electrons. The molecule has 0 aromatic rings. The van der Waals surface area contributed by atoms with Gasteiger partial charge in [0.15, 0.2) is 0 Å². The molecule has 2 atom stereocenters. The van der Waals surface area contributed by atoms with Gasteiger partial charge in [0.1, 0.15) is 0 Å². The first-order chi connectivity index (χ1) is 6.26. The molecule has 13 heavy (non-hydrogen) atoms. The Balaban J connectivity index is 2.33. The van der Waals surface area contributed by atoms with Crippen molar-refractivity contribution in [3.8, 4) is 0 Å². The quantitative estimate of drug-likeness (QED) is 0.666. The van der Waals surface area contributed by atoms with E-state index in [9.17, 15) is 0 Å². The van der Waals surface area contributed by atoms with Crippen molar-refractivity contribution in [2.24, 2.45) is 11.8 Å². The molecule has 0 aromatic carbocycles. The van der Waals surface area contributed by atoms with Crippen LogP contribution in [0.1, 0.15) is 19.3 Å². The predicted octanol–water partition coefficient (Wildman–Crippen LogP) is 0.319. The van der Waals surface area contributed by atoms with Gasteiger partial charge < -0.3 is 15.1 Å². The molecule has 1 heterocycles. The Bertz CT molecular complexity index is 127. The summed E-state index contributed by atoms with van der Waals surface area (Å²) in [6, 6.07) is 0. The number of piperidine rings is 1. The topological polar surface area (TPSA) is 43.7 Å². The molecule has 1 aliphatic heterocycles. The van der Waals surface area contributed by atoms with Crippen LogP contribution in [-0.2, 0) is 0 Å². The highest BCUT2D eigenvalue weighted by Crippen LogP contribution is 2.25. The third-order valence-electron chi connectivity index (χ3n) is 2.88. The summed E-state index contributed by atoms with van der Waals surface area (Å²) in [5.41, 5.74) is 0. The lowest BCUT2D eigenvalue weighted by Crippen LogP contribution is -2.38. The SMILES string of the molecule is CN1C[C@@H](CCO)C[C@H](CCO)C1. The maximum Gasteiger partial charge on any atom is 0.0434 e. The highest BCUT2D eigenvalue weighted by molar-refractivity contribution is 4.77. The summed E-state index contributed by atoms with van der Waals surface area (Å²) in [5.74, 6) is 1.25. The van der Waals surface area contributed by atoms with Crippen molar-refractivity contribution < 1.29 is 10.2 Å². The van der Waals surface area contributed by atoms with Crippen LogP contribution in [0.2, 0.25) is 0 Å². The molecule has 0 spiro atoms. The van der Waals surface area contributed by atoms with Crippen LogP contribution in [0.25, 0.3) is 0 Å². The molecule has 3 heteroatoms. The van der Waals surface area contributed by atoms with Crippen molar-refractivity contribution >= 4 is 0 Å². The first kappa shape index (κ1) is 11.0. The molecule has 0 saturated carbocycles. The van der Waals surface area contributed by atoms with Gasteiger partial charge >= 0.3 is 0 Å². The molecule has 0 bridgehead atoms. The van der Waals surface area contributed by atoms with Crippen LogP contribution < -0.4 is 0 Å². The second-order valence-corrected chi connectivity index (χ2v) is 4.21. The Hall–Kier alpha value is -0.120. The number of hydrogen-bond acceptors (Lipinski definition) is 3. The van der Waals surface area contributed by atoms with Gasteiger partial charge in [-0.3, -0.25) is 0 Å². The van der Waals surface area contributed by atoms with Gasteiger partial charge in [-0.15, -0.1) is 0 Å². The Morgan fingerprint density at radius 3 is 1.92 bits per heavy atom. The van der Waals surface area contributed by atoms with Gasteiger partial charge in [0, 0.05) is 26.3 Å². The average Bonchev–Trinajstić information content (AvgIpc) is 2.04. The lowest BCUT2D eigenvalue weighted by Gasteiger charge is -2.35. The van der Waals surface area contributed by atoms with Gasteiger partial charge in [0.05, 0.1) is 0 Å². The lowest BCUT2D eigenvalue weighted by atomic mass is 9.86. The maximum atomic E-state index is 8.85. The highest BCUT2D eigenvalue weighted by atomic mass is 16.3. The van der Waals surface area contributed by atoms with Crippen molar-refractivity contribution in [2.75, 3.05) is 33.4 Å². The first-order valence-electron chi connectivity index (χ1n) is 5.16. The van der Waals surface area contributed by atoms with E-state index >= 15 is 0 Å². The van der Waals surface area contributed by atoms with Gasteiger partial charge in [-0.2, -0.15) is 0 Å². The smallest absolute Gasteiger partial charge is 0.0434 e. The van der Waals surface area contributed by atoms with Gasteiger partial charge in [-0.05, 0) is 38.1 Å². The number of rotatable bonds is 4. The summed E-state index contributed by atoms with van der Waals surface area (Å²) in [7, 11) is 2.12. The van der Waals surface area contributed by atoms with E-state index in [0.717, 1.165) is 25.9 Å². The van der Waals surface area contributed by atoms with Crippen LogP contribution in [0.3, 0.4) is 0 Å². The molecule has 0 aliphatic carbocycles. The summed E-state index contributed by atoms with van der Waals surface area (Å²) in [5, 5.41) is 17.7. The van der Waals surface area contributed by atoms with Gasteiger partial charge in [-0.1, -0.05) is 0 Å². The number of hydrogen-bond donors (Lipinski definition) is 2. The average molecular weight is 187 g/mol. The zero-order valence-electron chi connectivity index (χ0n) is 8.45. The molecule has 1 saturated heterocycles. The number of aliphatic hydroxyl groups is 2. The molecule has 0 amide bonds. The van der Waals surface area contributed by atoms with E-state index < -0.39 is 0 Å². The summed E-state index contributed by atoms with van der Waals surface area (Å²) < 4.78 is 0. The van der Waals surface area contributed by atoms with Crippen LogP contribution in [0, 0.1) is 11.8 Å². The molecular weight excluding hydrogens is 166 g/mol. The zero-order chi connectivity index (χ0) is 9.68. The summed E-state index contributed by atoms with van der Waals surface area (Å²) in [6.07, 6.45) is 2.99. The minimum atomic E-state index is 0.296. The largest absolute Gasteiger partial charge is 0.396 e. The lowest BCUT2D eigenvalue weighted by molar-refractivity contribution is 0.111. The van der Waals surface area contributed by atoms with Crippen molar-refractivity contribution in [2.45, 2.75) is 19.3 Å². The monoisotopic (exact) mass is 187 g/mol. The molecular formula is C10H21NO2. The minimum Gasteiger partial charge on any atom is -0.396 e. The minimum absolute atomic E-state index is 0.296. The van der Waals surface area contributed by atoms with E-state index in [2.05, 4.69) is 11.9 Å². The molecule has 3 nitrogen and oxygen atoms in total. The van der Waals surface area contributed by atoms with Gasteiger partial charge in [0.25, 0.3) is 0 Å². The van der Waals surface area contributed by atoms with E-state index in [1.165, 1.54) is 6.42 Å². The third kappa shape index (κ3) is 3.63. The van der Waals surface area contributed by atoms with E-state index in [1.54, 1.807) is 0 Å². The van der Waals surface area contributed by atoms with Crippen molar-refractivity contribution in [3.05, 3.63) is 0 Å². The standard InChI is InChI=1S/C10H21NO2/c1-11-7-9(2-4-12)6-10(8-11)3-5-13/h9-10,12-13H,2-8H2,1H3/t9-,10-/m0/s1. The normalized spacial score (nSPS) is 30.7. The molecule has 0 unspecified atom stereocenters. The van der Waals surface area contributed by atoms with Crippen molar-refractivity contribution in [1.29, 1.82) is 0 Å². The molecule has 0 radical (unpaired) electrons. The van der Waals surface area contributed by atoms with Crippen molar-refractivity contribution in [1.82, 2.24) is 4.90 Å². The fourth-order valence-corrected chi connectivity index (χ4v) is 2.36. The second kappa shape index (κ2) is 5.58. The highest BCUT2D eigenvalue weighted by Gasteiger charge is 2.24.